The van der Waals surface area contributed by atoms with Gasteiger partial charge in [0.1, 0.15) is 5.60 Å². The van der Waals surface area contributed by atoms with Crippen molar-refractivity contribution in [1.29, 1.82) is 0 Å². The van der Waals surface area contributed by atoms with Gasteiger partial charge in [-0.15, -0.1) is 0 Å². The number of amides is 1. The van der Waals surface area contributed by atoms with Crippen LogP contribution >= 0.6 is 11.8 Å². The first-order valence-electron chi connectivity index (χ1n) is 7.08. The molecule has 0 aromatic heterocycles. The summed E-state index contributed by atoms with van der Waals surface area (Å²) in [5.41, 5.74) is -0.443. The van der Waals surface area contributed by atoms with Crippen LogP contribution in [0.15, 0.2) is 0 Å². The molecule has 1 heterocycles. The molecule has 0 aromatic rings. The molecule has 1 rings (SSSR count). The van der Waals surface area contributed by atoms with Crippen molar-refractivity contribution in [1.82, 2.24) is 10.6 Å². The molecule has 2 N–H and O–H groups in total. The van der Waals surface area contributed by atoms with Crippen molar-refractivity contribution in [3.8, 4) is 0 Å². The molecule has 1 fully saturated rings. The molecule has 0 spiro atoms. The van der Waals surface area contributed by atoms with Gasteiger partial charge in [-0.2, -0.15) is 11.8 Å². The fourth-order valence-corrected chi connectivity index (χ4v) is 3.09. The van der Waals surface area contributed by atoms with Gasteiger partial charge in [-0.05, 0) is 38.9 Å². The van der Waals surface area contributed by atoms with E-state index in [4.69, 9.17) is 4.74 Å². The van der Waals surface area contributed by atoms with Crippen LogP contribution in [-0.4, -0.2) is 41.8 Å². The van der Waals surface area contributed by atoms with Crippen LogP contribution in [0.25, 0.3) is 0 Å². The van der Waals surface area contributed by atoms with Crippen LogP contribution in [0.5, 0.6) is 0 Å². The van der Waals surface area contributed by atoms with Crippen molar-refractivity contribution >= 4 is 17.9 Å². The maximum absolute atomic E-state index is 11.8. The molecule has 0 saturated carbocycles. The number of hydrogen-bond donors (Lipinski definition) is 2. The number of carbonyl (C=O) groups excluding carboxylic acids is 1. The number of nitrogens with one attached hydrogen (secondary N) is 2. The molecule has 4 nitrogen and oxygen atoms in total. The fraction of sp³-hybridized carbons (Fsp3) is 0.929. The lowest BCUT2D eigenvalue weighted by Gasteiger charge is -2.27. The van der Waals surface area contributed by atoms with Crippen molar-refractivity contribution in [3.05, 3.63) is 0 Å². The first kappa shape index (κ1) is 16.6. The van der Waals surface area contributed by atoms with Crippen molar-refractivity contribution in [3.63, 3.8) is 0 Å². The highest BCUT2D eigenvalue weighted by molar-refractivity contribution is 7.99. The molecule has 1 amide bonds. The summed E-state index contributed by atoms with van der Waals surface area (Å²) < 4.78 is 5.31. The van der Waals surface area contributed by atoms with Gasteiger partial charge < -0.3 is 15.4 Å². The van der Waals surface area contributed by atoms with Crippen LogP contribution in [-0.2, 0) is 4.74 Å². The Bertz CT molecular complexity index is 284. The Balaban J connectivity index is 2.37. The quantitative estimate of drug-likeness (QED) is 0.816. The van der Waals surface area contributed by atoms with E-state index in [0.717, 1.165) is 6.54 Å². The van der Waals surface area contributed by atoms with Gasteiger partial charge in [0.25, 0.3) is 0 Å². The summed E-state index contributed by atoms with van der Waals surface area (Å²) in [6.07, 6.45) is 0.899. The second kappa shape index (κ2) is 7.39. The molecular weight excluding hydrogens is 260 g/mol. The standard InChI is InChI=1S/C14H28N2O2S/c1-10(2)12(8-15-11-6-7-19-9-11)16-13(17)18-14(3,4)5/h10-12,15H,6-9H2,1-5H3,(H,16,17). The molecule has 112 valence electrons. The summed E-state index contributed by atoms with van der Waals surface area (Å²) in [6.45, 7) is 10.7. The zero-order valence-corrected chi connectivity index (χ0v) is 13.6. The van der Waals surface area contributed by atoms with E-state index in [-0.39, 0.29) is 12.1 Å². The highest BCUT2D eigenvalue weighted by Crippen LogP contribution is 2.17. The summed E-state index contributed by atoms with van der Waals surface area (Å²) >= 11 is 1.99. The highest BCUT2D eigenvalue weighted by Gasteiger charge is 2.23. The Labute approximate surface area is 121 Å². The molecule has 0 aliphatic carbocycles. The van der Waals surface area contributed by atoms with Gasteiger partial charge in [0, 0.05) is 24.4 Å². The monoisotopic (exact) mass is 288 g/mol. The lowest BCUT2D eigenvalue weighted by Crippen LogP contribution is -2.49. The predicted octanol–water partition coefficient (Wildman–Crippen LogP) is 2.63. The van der Waals surface area contributed by atoms with Gasteiger partial charge in [-0.3, -0.25) is 0 Å². The third kappa shape index (κ3) is 7.06. The number of rotatable bonds is 5. The van der Waals surface area contributed by atoms with Gasteiger partial charge in [-0.1, -0.05) is 13.8 Å². The van der Waals surface area contributed by atoms with E-state index in [1.165, 1.54) is 17.9 Å². The average Bonchev–Trinajstić information content (AvgIpc) is 2.73. The van der Waals surface area contributed by atoms with E-state index in [1.807, 2.05) is 32.5 Å². The van der Waals surface area contributed by atoms with Crippen LogP contribution in [0.3, 0.4) is 0 Å². The summed E-state index contributed by atoms with van der Waals surface area (Å²) in [6, 6.07) is 0.701. The van der Waals surface area contributed by atoms with Crippen LogP contribution in [0.2, 0.25) is 0 Å². The number of ether oxygens (including phenoxy) is 1. The minimum absolute atomic E-state index is 0.112. The largest absolute Gasteiger partial charge is 0.444 e. The summed E-state index contributed by atoms with van der Waals surface area (Å²) in [4.78, 5) is 11.8. The summed E-state index contributed by atoms with van der Waals surface area (Å²) in [5, 5.41) is 6.51. The topological polar surface area (TPSA) is 50.4 Å². The van der Waals surface area contributed by atoms with Crippen LogP contribution in [0.4, 0.5) is 4.79 Å². The Morgan fingerprint density at radius 3 is 2.58 bits per heavy atom. The van der Waals surface area contributed by atoms with Crippen LogP contribution < -0.4 is 10.6 Å². The average molecular weight is 288 g/mol. The summed E-state index contributed by atoms with van der Waals surface area (Å²) in [7, 11) is 0. The molecule has 0 aromatic carbocycles. The van der Waals surface area contributed by atoms with Gasteiger partial charge in [-0.25, -0.2) is 4.79 Å². The fourth-order valence-electron chi connectivity index (χ4n) is 1.90. The molecule has 0 radical (unpaired) electrons. The van der Waals surface area contributed by atoms with Gasteiger partial charge >= 0.3 is 6.09 Å². The molecule has 19 heavy (non-hydrogen) atoms. The first-order chi connectivity index (χ1) is 8.78. The van der Waals surface area contributed by atoms with E-state index in [1.54, 1.807) is 0 Å². The van der Waals surface area contributed by atoms with Gasteiger partial charge in [0.2, 0.25) is 0 Å². The van der Waals surface area contributed by atoms with Gasteiger partial charge in [0.15, 0.2) is 0 Å². The zero-order chi connectivity index (χ0) is 14.5. The van der Waals surface area contributed by atoms with Crippen molar-refractivity contribution in [2.24, 2.45) is 5.92 Å². The zero-order valence-electron chi connectivity index (χ0n) is 12.8. The van der Waals surface area contributed by atoms with Crippen molar-refractivity contribution < 1.29 is 9.53 Å². The molecule has 2 atom stereocenters. The highest BCUT2D eigenvalue weighted by atomic mass is 32.2. The normalized spacial score (nSPS) is 21.5. The van der Waals surface area contributed by atoms with Crippen molar-refractivity contribution in [2.45, 2.75) is 58.7 Å². The SMILES string of the molecule is CC(C)C(CNC1CCSC1)NC(=O)OC(C)(C)C. The van der Waals surface area contributed by atoms with E-state index in [9.17, 15) is 4.79 Å². The Morgan fingerprint density at radius 2 is 2.11 bits per heavy atom. The molecule has 1 aliphatic rings. The van der Waals surface area contributed by atoms with Crippen molar-refractivity contribution in [2.75, 3.05) is 18.1 Å². The molecule has 2 unspecified atom stereocenters. The predicted molar refractivity (Wildman–Crippen MR) is 81.7 cm³/mol. The number of carbonyl (C=O) groups is 1. The molecule has 1 saturated heterocycles. The lowest BCUT2D eigenvalue weighted by atomic mass is 10.0. The third-order valence-corrected chi connectivity index (χ3v) is 4.23. The smallest absolute Gasteiger partial charge is 0.407 e. The molecule has 5 heteroatoms. The Hall–Kier alpha value is -0.420. The number of hydrogen-bond acceptors (Lipinski definition) is 4. The van der Waals surface area contributed by atoms with Crippen LogP contribution in [0.1, 0.15) is 41.0 Å². The van der Waals surface area contributed by atoms with Crippen LogP contribution in [0, 0.1) is 5.92 Å². The van der Waals surface area contributed by atoms with E-state index in [2.05, 4.69) is 24.5 Å². The van der Waals surface area contributed by atoms with E-state index >= 15 is 0 Å². The Morgan fingerprint density at radius 1 is 1.42 bits per heavy atom. The third-order valence-electron chi connectivity index (χ3n) is 3.06. The summed E-state index contributed by atoms with van der Waals surface area (Å²) in [5.74, 6) is 2.80. The maximum Gasteiger partial charge on any atom is 0.407 e. The minimum Gasteiger partial charge on any atom is -0.444 e. The number of alkyl carbamates (subject to hydrolysis) is 1. The molecule has 0 bridgehead atoms. The lowest BCUT2D eigenvalue weighted by molar-refractivity contribution is 0.0489. The second-order valence-electron chi connectivity index (χ2n) is 6.47. The van der Waals surface area contributed by atoms with E-state index in [0.29, 0.717) is 12.0 Å². The minimum atomic E-state index is -0.443. The first-order valence-corrected chi connectivity index (χ1v) is 8.24. The Kier molecular flexibility index (Phi) is 6.47. The molecular formula is C14H28N2O2S. The molecule has 1 aliphatic heterocycles. The number of thioether (sulfide) groups is 1. The second-order valence-corrected chi connectivity index (χ2v) is 7.62. The maximum atomic E-state index is 11.8. The van der Waals surface area contributed by atoms with E-state index < -0.39 is 5.60 Å². The van der Waals surface area contributed by atoms with Gasteiger partial charge in [0.05, 0.1) is 0 Å².